The summed E-state index contributed by atoms with van der Waals surface area (Å²) in [6.45, 7) is 0.605. The Morgan fingerprint density at radius 3 is 3.00 bits per heavy atom. The Labute approximate surface area is 116 Å². The zero-order valence-electron chi connectivity index (χ0n) is 10.7. The first-order valence-electron chi connectivity index (χ1n) is 6.54. The molecule has 0 saturated heterocycles. The van der Waals surface area contributed by atoms with Gasteiger partial charge in [-0.15, -0.1) is 11.3 Å². The predicted molar refractivity (Wildman–Crippen MR) is 78.2 cm³/mol. The van der Waals surface area contributed by atoms with E-state index >= 15 is 0 Å². The maximum Gasteiger partial charge on any atom is 0.224 e. The minimum absolute atomic E-state index is 0.0542. The zero-order valence-corrected chi connectivity index (χ0v) is 11.5. The number of amides is 1. The van der Waals surface area contributed by atoms with E-state index in [0.29, 0.717) is 13.0 Å². The summed E-state index contributed by atoms with van der Waals surface area (Å²) in [5.41, 5.74) is 9.47. The molecule has 1 amide bonds. The summed E-state index contributed by atoms with van der Waals surface area (Å²) in [6, 6.07) is 5.81. The molecule has 1 saturated carbocycles. The number of carbonyl (C=O) groups excluding carboxylic acids is 1. The SMILES string of the molecule is NCC1(CC(=O)Nc2ccc3ncsc3c2)CCC1. The summed E-state index contributed by atoms with van der Waals surface area (Å²) in [5, 5.41) is 2.97. The predicted octanol–water partition coefficient (Wildman–Crippen LogP) is 2.75. The standard InChI is InChI=1S/C14H17N3OS/c15-8-14(4-1-5-14)7-13(18)17-10-2-3-11-12(6-10)19-9-16-11/h2-3,6,9H,1,4-5,7-8,15H2,(H,17,18). The summed E-state index contributed by atoms with van der Waals surface area (Å²) in [6.07, 6.45) is 3.87. The van der Waals surface area contributed by atoms with Crippen molar-refractivity contribution in [3.63, 3.8) is 0 Å². The van der Waals surface area contributed by atoms with Crippen LogP contribution >= 0.6 is 11.3 Å². The van der Waals surface area contributed by atoms with E-state index in [2.05, 4.69) is 10.3 Å². The molecule has 0 bridgehead atoms. The Kier molecular flexibility index (Phi) is 3.24. The van der Waals surface area contributed by atoms with Crippen molar-refractivity contribution >= 4 is 33.1 Å². The molecule has 1 aromatic heterocycles. The summed E-state index contributed by atoms with van der Waals surface area (Å²) < 4.78 is 1.09. The van der Waals surface area contributed by atoms with E-state index in [1.54, 1.807) is 11.3 Å². The number of nitrogens with one attached hydrogen (secondary N) is 1. The van der Waals surface area contributed by atoms with Crippen molar-refractivity contribution in [3.8, 4) is 0 Å². The number of hydrogen-bond donors (Lipinski definition) is 2. The van der Waals surface area contributed by atoms with Crippen LogP contribution in [0.5, 0.6) is 0 Å². The van der Waals surface area contributed by atoms with Crippen LogP contribution in [0.15, 0.2) is 23.7 Å². The Bertz CT molecular complexity index is 598. The molecule has 5 heteroatoms. The van der Waals surface area contributed by atoms with Gasteiger partial charge in [-0.1, -0.05) is 6.42 Å². The maximum absolute atomic E-state index is 12.1. The van der Waals surface area contributed by atoms with E-state index in [0.717, 1.165) is 28.7 Å². The minimum atomic E-state index is 0.0542. The van der Waals surface area contributed by atoms with E-state index in [4.69, 9.17) is 5.73 Å². The largest absolute Gasteiger partial charge is 0.330 e. The number of benzene rings is 1. The normalized spacial score (nSPS) is 17.1. The van der Waals surface area contributed by atoms with Crippen molar-refractivity contribution in [1.82, 2.24) is 4.98 Å². The number of nitrogens with two attached hydrogens (primary N) is 1. The molecule has 4 nitrogen and oxygen atoms in total. The van der Waals surface area contributed by atoms with Crippen LogP contribution in [0.1, 0.15) is 25.7 Å². The number of hydrogen-bond acceptors (Lipinski definition) is 4. The summed E-state index contributed by atoms with van der Waals surface area (Å²) in [5.74, 6) is 0.0639. The molecule has 1 fully saturated rings. The van der Waals surface area contributed by atoms with E-state index in [9.17, 15) is 4.79 Å². The molecule has 0 aliphatic heterocycles. The molecule has 2 aromatic rings. The van der Waals surface area contributed by atoms with Crippen LogP contribution in [0.4, 0.5) is 5.69 Å². The number of anilines is 1. The number of carbonyl (C=O) groups is 1. The highest BCUT2D eigenvalue weighted by molar-refractivity contribution is 7.16. The monoisotopic (exact) mass is 275 g/mol. The van der Waals surface area contributed by atoms with Gasteiger partial charge in [0.25, 0.3) is 0 Å². The van der Waals surface area contributed by atoms with Crippen LogP contribution in [-0.2, 0) is 4.79 Å². The topological polar surface area (TPSA) is 68.0 Å². The Morgan fingerprint density at radius 1 is 1.47 bits per heavy atom. The molecular weight excluding hydrogens is 258 g/mol. The van der Waals surface area contributed by atoms with E-state index in [-0.39, 0.29) is 11.3 Å². The first-order valence-corrected chi connectivity index (χ1v) is 7.42. The molecule has 1 aliphatic carbocycles. The van der Waals surface area contributed by atoms with Crippen molar-refractivity contribution in [3.05, 3.63) is 23.7 Å². The average molecular weight is 275 g/mol. The number of fused-ring (bicyclic) bond motifs is 1. The molecule has 3 rings (SSSR count). The van der Waals surface area contributed by atoms with Crippen molar-refractivity contribution in [2.75, 3.05) is 11.9 Å². The lowest BCUT2D eigenvalue weighted by atomic mass is 9.66. The van der Waals surface area contributed by atoms with Gasteiger partial charge in [-0.3, -0.25) is 4.79 Å². The van der Waals surface area contributed by atoms with Crippen LogP contribution in [0.2, 0.25) is 0 Å². The second-order valence-corrected chi connectivity index (χ2v) is 6.20. The van der Waals surface area contributed by atoms with Crippen LogP contribution in [0, 0.1) is 5.41 Å². The molecule has 1 aliphatic rings. The van der Waals surface area contributed by atoms with Crippen LogP contribution in [0.3, 0.4) is 0 Å². The maximum atomic E-state index is 12.1. The third kappa shape index (κ3) is 2.48. The van der Waals surface area contributed by atoms with Gasteiger partial charge in [0.15, 0.2) is 0 Å². The molecule has 1 aromatic carbocycles. The molecule has 0 atom stereocenters. The molecular formula is C14H17N3OS. The fraction of sp³-hybridized carbons (Fsp3) is 0.429. The van der Waals surface area contributed by atoms with Gasteiger partial charge in [-0.25, -0.2) is 4.98 Å². The van der Waals surface area contributed by atoms with Gasteiger partial charge in [0.2, 0.25) is 5.91 Å². The van der Waals surface area contributed by atoms with Gasteiger partial charge in [0, 0.05) is 12.1 Å². The first kappa shape index (κ1) is 12.6. The minimum Gasteiger partial charge on any atom is -0.330 e. The van der Waals surface area contributed by atoms with Gasteiger partial charge in [-0.2, -0.15) is 0 Å². The van der Waals surface area contributed by atoms with Gasteiger partial charge >= 0.3 is 0 Å². The van der Waals surface area contributed by atoms with Gasteiger partial charge in [0.1, 0.15) is 0 Å². The quantitative estimate of drug-likeness (QED) is 0.901. The van der Waals surface area contributed by atoms with E-state index in [1.165, 1.54) is 6.42 Å². The van der Waals surface area contributed by atoms with Crippen LogP contribution in [-0.4, -0.2) is 17.4 Å². The number of nitrogens with zero attached hydrogens (tertiary/aromatic N) is 1. The fourth-order valence-corrected chi connectivity index (χ4v) is 3.32. The van der Waals surface area contributed by atoms with Crippen molar-refractivity contribution in [2.45, 2.75) is 25.7 Å². The number of aromatic nitrogens is 1. The number of rotatable bonds is 4. The third-order valence-corrected chi connectivity index (χ3v) is 4.79. The lowest BCUT2D eigenvalue weighted by molar-refractivity contribution is -0.119. The zero-order chi connectivity index (χ0) is 13.3. The smallest absolute Gasteiger partial charge is 0.224 e. The fourth-order valence-electron chi connectivity index (χ4n) is 2.61. The molecule has 100 valence electrons. The second kappa shape index (κ2) is 4.90. The lowest BCUT2D eigenvalue weighted by Crippen LogP contribution is -2.40. The molecule has 0 unspecified atom stereocenters. The van der Waals surface area contributed by atoms with E-state index in [1.807, 2.05) is 23.7 Å². The average Bonchev–Trinajstić information content (AvgIpc) is 2.81. The molecule has 19 heavy (non-hydrogen) atoms. The van der Waals surface area contributed by atoms with Crippen molar-refractivity contribution < 1.29 is 4.79 Å². The highest BCUT2D eigenvalue weighted by atomic mass is 32.1. The highest BCUT2D eigenvalue weighted by Gasteiger charge is 2.37. The molecule has 0 radical (unpaired) electrons. The second-order valence-electron chi connectivity index (χ2n) is 5.32. The number of thiazole rings is 1. The van der Waals surface area contributed by atoms with Gasteiger partial charge in [0.05, 0.1) is 15.7 Å². The Morgan fingerprint density at radius 2 is 2.32 bits per heavy atom. The Hall–Kier alpha value is -1.46. The van der Waals surface area contributed by atoms with E-state index < -0.39 is 0 Å². The van der Waals surface area contributed by atoms with Crippen molar-refractivity contribution in [1.29, 1.82) is 0 Å². The summed E-state index contributed by atoms with van der Waals surface area (Å²) >= 11 is 1.58. The van der Waals surface area contributed by atoms with Crippen LogP contribution in [0.25, 0.3) is 10.2 Å². The first-order chi connectivity index (χ1) is 9.21. The Balaban J connectivity index is 1.68. The molecule has 1 heterocycles. The van der Waals surface area contributed by atoms with Gasteiger partial charge in [-0.05, 0) is 43.0 Å². The van der Waals surface area contributed by atoms with Crippen LogP contribution < -0.4 is 11.1 Å². The molecule has 0 spiro atoms. The lowest BCUT2D eigenvalue weighted by Gasteiger charge is -2.40. The third-order valence-electron chi connectivity index (χ3n) is 4.00. The highest BCUT2D eigenvalue weighted by Crippen LogP contribution is 2.43. The molecule has 3 N–H and O–H groups in total. The summed E-state index contributed by atoms with van der Waals surface area (Å²) in [7, 11) is 0. The van der Waals surface area contributed by atoms with Crippen molar-refractivity contribution in [2.24, 2.45) is 11.1 Å². The summed E-state index contributed by atoms with van der Waals surface area (Å²) in [4.78, 5) is 16.3. The van der Waals surface area contributed by atoms with Gasteiger partial charge < -0.3 is 11.1 Å².